The van der Waals surface area contributed by atoms with Crippen LogP contribution in [0.15, 0.2) is 0 Å². The standard InChI is InChI=1S/C6H11N3/c1-9-3-2-8-5-6(9)4-7/h6,8H,2-3,5H2,1H3. The van der Waals surface area contributed by atoms with Gasteiger partial charge in [0.05, 0.1) is 6.07 Å². The third-order valence-corrected chi connectivity index (χ3v) is 1.66. The van der Waals surface area contributed by atoms with Crippen LogP contribution in [0.3, 0.4) is 0 Å². The average Bonchev–Trinajstić information content (AvgIpc) is 1.89. The lowest BCUT2D eigenvalue weighted by Crippen LogP contribution is -2.48. The first-order valence-electron chi connectivity index (χ1n) is 3.15. The van der Waals surface area contributed by atoms with Gasteiger partial charge in [0.15, 0.2) is 0 Å². The maximum Gasteiger partial charge on any atom is 0.110 e. The fourth-order valence-corrected chi connectivity index (χ4v) is 0.950. The van der Waals surface area contributed by atoms with Crippen molar-refractivity contribution in [3.05, 3.63) is 0 Å². The average molecular weight is 125 g/mol. The normalized spacial score (nSPS) is 29.6. The van der Waals surface area contributed by atoms with Gasteiger partial charge in [-0.25, -0.2) is 0 Å². The van der Waals surface area contributed by atoms with Crippen molar-refractivity contribution in [3.8, 4) is 6.07 Å². The Hall–Kier alpha value is -0.590. The molecule has 0 aromatic carbocycles. The van der Waals surface area contributed by atoms with E-state index in [1.54, 1.807) is 0 Å². The van der Waals surface area contributed by atoms with E-state index in [-0.39, 0.29) is 6.04 Å². The molecule has 0 radical (unpaired) electrons. The molecule has 50 valence electrons. The quantitative estimate of drug-likeness (QED) is 0.470. The Kier molecular flexibility index (Phi) is 2.04. The van der Waals surface area contributed by atoms with Crippen LogP contribution in [0.25, 0.3) is 0 Å². The summed E-state index contributed by atoms with van der Waals surface area (Å²) in [4.78, 5) is 2.07. The molecule has 0 amide bonds. The molecule has 0 spiro atoms. The molecule has 3 heteroatoms. The van der Waals surface area contributed by atoms with Crippen LogP contribution in [-0.4, -0.2) is 37.6 Å². The minimum absolute atomic E-state index is 0.0822. The van der Waals surface area contributed by atoms with Crippen LogP contribution >= 0.6 is 0 Å². The molecule has 1 aliphatic rings. The highest BCUT2D eigenvalue weighted by Gasteiger charge is 2.16. The molecule has 1 heterocycles. The number of nitriles is 1. The lowest BCUT2D eigenvalue weighted by Gasteiger charge is -2.27. The zero-order valence-corrected chi connectivity index (χ0v) is 5.59. The molecule has 9 heavy (non-hydrogen) atoms. The summed E-state index contributed by atoms with van der Waals surface area (Å²) in [6.07, 6.45) is 0. The van der Waals surface area contributed by atoms with Crippen molar-refractivity contribution in [3.63, 3.8) is 0 Å². The highest BCUT2D eigenvalue weighted by molar-refractivity contribution is 4.94. The molecule has 1 N–H and O–H groups in total. The molecule has 1 aliphatic heterocycles. The molecule has 0 aromatic rings. The van der Waals surface area contributed by atoms with Crippen molar-refractivity contribution in [1.29, 1.82) is 5.26 Å². The van der Waals surface area contributed by atoms with Gasteiger partial charge in [-0.3, -0.25) is 4.90 Å². The monoisotopic (exact) mass is 125 g/mol. The smallest absolute Gasteiger partial charge is 0.110 e. The number of hydrogen-bond acceptors (Lipinski definition) is 3. The van der Waals surface area contributed by atoms with Crippen LogP contribution in [0, 0.1) is 11.3 Å². The third kappa shape index (κ3) is 1.41. The summed E-state index contributed by atoms with van der Waals surface area (Å²) in [7, 11) is 1.98. The van der Waals surface area contributed by atoms with E-state index in [2.05, 4.69) is 16.3 Å². The molecule has 0 bridgehead atoms. The highest BCUT2D eigenvalue weighted by Crippen LogP contribution is 1.96. The Bertz CT molecular complexity index is 127. The van der Waals surface area contributed by atoms with E-state index in [1.165, 1.54) is 0 Å². The van der Waals surface area contributed by atoms with E-state index in [9.17, 15) is 0 Å². The first-order valence-corrected chi connectivity index (χ1v) is 3.15. The zero-order valence-electron chi connectivity index (χ0n) is 5.59. The van der Waals surface area contributed by atoms with E-state index in [0.29, 0.717) is 0 Å². The lowest BCUT2D eigenvalue weighted by molar-refractivity contribution is 0.242. The second-order valence-electron chi connectivity index (χ2n) is 2.33. The van der Waals surface area contributed by atoms with Gasteiger partial charge in [-0.05, 0) is 7.05 Å². The fraction of sp³-hybridized carbons (Fsp3) is 0.833. The zero-order chi connectivity index (χ0) is 6.69. The van der Waals surface area contributed by atoms with Crippen LogP contribution in [0.4, 0.5) is 0 Å². The van der Waals surface area contributed by atoms with Crippen molar-refractivity contribution in [2.75, 3.05) is 26.7 Å². The molecular weight excluding hydrogens is 114 g/mol. The molecule has 1 unspecified atom stereocenters. The summed E-state index contributed by atoms with van der Waals surface area (Å²) in [5.74, 6) is 0. The molecule has 0 aliphatic carbocycles. The topological polar surface area (TPSA) is 39.1 Å². The van der Waals surface area contributed by atoms with Gasteiger partial charge in [0.1, 0.15) is 6.04 Å². The van der Waals surface area contributed by atoms with Crippen molar-refractivity contribution >= 4 is 0 Å². The van der Waals surface area contributed by atoms with E-state index in [4.69, 9.17) is 5.26 Å². The summed E-state index contributed by atoms with van der Waals surface area (Å²) < 4.78 is 0. The molecule has 3 nitrogen and oxygen atoms in total. The molecule has 0 saturated carbocycles. The molecule has 1 rings (SSSR count). The second kappa shape index (κ2) is 2.81. The van der Waals surface area contributed by atoms with Gasteiger partial charge in [0.25, 0.3) is 0 Å². The number of hydrogen-bond donors (Lipinski definition) is 1. The maximum atomic E-state index is 8.53. The minimum Gasteiger partial charge on any atom is -0.313 e. The molecule has 1 saturated heterocycles. The van der Waals surface area contributed by atoms with E-state index < -0.39 is 0 Å². The summed E-state index contributed by atoms with van der Waals surface area (Å²) in [6.45, 7) is 2.81. The molecule has 1 fully saturated rings. The number of piperazine rings is 1. The summed E-state index contributed by atoms with van der Waals surface area (Å²) >= 11 is 0. The first-order chi connectivity index (χ1) is 4.34. The van der Waals surface area contributed by atoms with Crippen molar-refractivity contribution in [2.24, 2.45) is 0 Å². The van der Waals surface area contributed by atoms with Crippen molar-refractivity contribution < 1.29 is 0 Å². The Morgan fingerprint density at radius 2 is 2.56 bits per heavy atom. The van der Waals surface area contributed by atoms with Crippen molar-refractivity contribution in [1.82, 2.24) is 10.2 Å². The summed E-state index contributed by atoms with van der Waals surface area (Å²) in [5.41, 5.74) is 0. The summed E-state index contributed by atoms with van der Waals surface area (Å²) in [5, 5.41) is 11.7. The van der Waals surface area contributed by atoms with Crippen LogP contribution < -0.4 is 5.32 Å². The fourth-order valence-electron chi connectivity index (χ4n) is 0.950. The lowest BCUT2D eigenvalue weighted by atomic mass is 10.2. The predicted octanol–water partition coefficient (Wildman–Crippen LogP) is -0.586. The number of likely N-dealkylation sites (N-methyl/N-ethyl adjacent to an activating group) is 1. The van der Waals surface area contributed by atoms with Gasteiger partial charge in [-0.15, -0.1) is 0 Å². The van der Waals surface area contributed by atoms with Gasteiger partial charge < -0.3 is 5.32 Å². The van der Waals surface area contributed by atoms with Crippen LogP contribution in [0.5, 0.6) is 0 Å². The molecular formula is C6H11N3. The Labute approximate surface area is 55.3 Å². The van der Waals surface area contributed by atoms with Gasteiger partial charge in [-0.1, -0.05) is 0 Å². The van der Waals surface area contributed by atoms with Crippen LogP contribution in [-0.2, 0) is 0 Å². The largest absolute Gasteiger partial charge is 0.313 e. The van der Waals surface area contributed by atoms with Crippen molar-refractivity contribution in [2.45, 2.75) is 6.04 Å². The molecule has 0 aromatic heterocycles. The second-order valence-corrected chi connectivity index (χ2v) is 2.33. The Morgan fingerprint density at radius 1 is 1.78 bits per heavy atom. The van der Waals surface area contributed by atoms with E-state index >= 15 is 0 Å². The van der Waals surface area contributed by atoms with Gasteiger partial charge >= 0.3 is 0 Å². The number of nitrogens with zero attached hydrogens (tertiary/aromatic N) is 2. The number of rotatable bonds is 0. The third-order valence-electron chi connectivity index (χ3n) is 1.66. The van der Waals surface area contributed by atoms with Gasteiger partial charge in [-0.2, -0.15) is 5.26 Å². The van der Waals surface area contributed by atoms with Gasteiger partial charge in [0.2, 0.25) is 0 Å². The van der Waals surface area contributed by atoms with Crippen LogP contribution in [0.2, 0.25) is 0 Å². The highest BCUT2D eigenvalue weighted by atomic mass is 15.2. The first kappa shape index (κ1) is 6.53. The van der Waals surface area contributed by atoms with Crippen LogP contribution in [0.1, 0.15) is 0 Å². The van der Waals surface area contributed by atoms with E-state index in [1.807, 2.05) is 7.05 Å². The minimum atomic E-state index is 0.0822. The van der Waals surface area contributed by atoms with Gasteiger partial charge in [0, 0.05) is 19.6 Å². The Morgan fingerprint density at radius 3 is 3.00 bits per heavy atom. The SMILES string of the molecule is CN1CCNCC1C#N. The molecule has 1 atom stereocenters. The van der Waals surface area contributed by atoms with E-state index in [0.717, 1.165) is 19.6 Å². The Balaban J connectivity index is 2.41. The summed E-state index contributed by atoms with van der Waals surface area (Å²) in [6, 6.07) is 2.30. The maximum absolute atomic E-state index is 8.53. The predicted molar refractivity (Wildman–Crippen MR) is 34.9 cm³/mol. The number of nitrogens with one attached hydrogen (secondary N) is 1.